The lowest BCUT2D eigenvalue weighted by molar-refractivity contribution is 0.102. The largest absolute Gasteiger partial charge is 0.340 e. The first-order valence-electron chi connectivity index (χ1n) is 8.86. The lowest BCUT2D eigenvalue weighted by Crippen LogP contribution is -2.14. The first-order chi connectivity index (χ1) is 13.3. The van der Waals surface area contributed by atoms with Crippen molar-refractivity contribution in [2.24, 2.45) is 0 Å². The van der Waals surface area contributed by atoms with Crippen LogP contribution in [0.4, 0.5) is 17.2 Å². The molecule has 6 nitrogen and oxygen atoms in total. The fourth-order valence-corrected chi connectivity index (χ4v) is 2.57. The molecule has 0 saturated carbocycles. The molecular weight excluding hydrogens is 350 g/mol. The second kappa shape index (κ2) is 7.89. The normalized spacial score (nSPS) is 10.8. The van der Waals surface area contributed by atoms with Gasteiger partial charge in [-0.1, -0.05) is 32.9 Å². The second-order valence-electron chi connectivity index (χ2n) is 7.38. The van der Waals surface area contributed by atoms with Crippen LogP contribution in [-0.2, 0) is 5.41 Å². The number of amides is 1. The average Bonchev–Trinajstić information content (AvgIpc) is 2.68. The van der Waals surface area contributed by atoms with Crippen LogP contribution in [0.1, 0.15) is 42.4 Å². The van der Waals surface area contributed by atoms with Crippen molar-refractivity contribution in [2.45, 2.75) is 26.2 Å². The van der Waals surface area contributed by atoms with Gasteiger partial charge in [0, 0.05) is 17.4 Å². The zero-order chi connectivity index (χ0) is 20.1. The molecule has 1 aromatic heterocycles. The molecule has 0 aliphatic carbocycles. The van der Waals surface area contributed by atoms with E-state index in [1.807, 2.05) is 18.2 Å². The number of rotatable bonds is 4. The molecule has 2 aromatic carbocycles. The van der Waals surface area contributed by atoms with Gasteiger partial charge in [-0.3, -0.25) is 4.79 Å². The molecule has 0 atom stereocenters. The van der Waals surface area contributed by atoms with E-state index in [1.165, 1.54) is 11.9 Å². The zero-order valence-corrected chi connectivity index (χ0v) is 16.0. The molecule has 1 heterocycles. The number of carbonyl (C=O) groups is 1. The molecule has 0 bridgehead atoms. The van der Waals surface area contributed by atoms with E-state index in [2.05, 4.69) is 53.5 Å². The summed E-state index contributed by atoms with van der Waals surface area (Å²) < 4.78 is 0. The topological polar surface area (TPSA) is 90.7 Å². The Balaban J connectivity index is 1.71. The second-order valence-corrected chi connectivity index (χ2v) is 7.38. The summed E-state index contributed by atoms with van der Waals surface area (Å²) in [5.41, 5.74) is 3.57. The van der Waals surface area contributed by atoms with Gasteiger partial charge in [-0.15, -0.1) is 0 Å². The smallest absolute Gasteiger partial charge is 0.274 e. The summed E-state index contributed by atoms with van der Waals surface area (Å²) in [6.45, 7) is 6.50. The third-order valence-electron chi connectivity index (χ3n) is 4.19. The Morgan fingerprint density at radius 2 is 1.61 bits per heavy atom. The molecule has 0 fully saturated rings. The van der Waals surface area contributed by atoms with Crippen LogP contribution in [0.3, 0.4) is 0 Å². The Bertz CT molecular complexity index is 1010. The maximum Gasteiger partial charge on any atom is 0.274 e. The molecular formula is C22H21N5O. The zero-order valence-electron chi connectivity index (χ0n) is 16.0. The Morgan fingerprint density at radius 3 is 2.21 bits per heavy atom. The minimum atomic E-state index is -0.349. The Morgan fingerprint density at radius 1 is 0.964 bits per heavy atom. The summed E-state index contributed by atoms with van der Waals surface area (Å²) in [5.74, 6) is 0.182. The van der Waals surface area contributed by atoms with Gasteiger partial charge in [-0.2, -0.15) is 5.26 Å². The van der Waals surface area contributed by atoms with Crippen molar-refractivity contribution in [1.82, 2.24) is 9.97 Å². The maximum absolute atomic E-state index is 12.4. The van der Waals surface area contributed by atoms with Crippen molar-refractivity contribution in [3.63, 3.8) is 0 Å². The fraction of sp³-hybridized carbons (Fsp3) is 0.182. The van der Waals surface area contributed by atoms with Crippen LogP contribution in [0, 0.1) is 11.3 Å². The van der Waals surface area contributed by atoms with Gasteiger partial charge in [0.25, 0.3) is 5.91 Å². The van der Waals surface area contributed by atoms with E-state index in [1.54, 1.807) is 30.3 Å². The van der Waals surface area contributed by atoms with Crippen LogP contribution >= 0.6 is 0 Å². The predicted molar refractivity (Wildman–Crippen MR) is 110 cm³/mol. The van der Waals surface area contributed by atoms with E-state index in [4.69, 9.17) is 5.26 Å². The number of carbonyl (C=O) groups excluding carboxylic acids is 1. The van der Waals surface area contributed by atoms with Gasteiger partial charge < -0.3 is 10.6 Å². The van der Waals surface area contributed by atoms with Gasteiger partial charge in [0.15, 0.2) is 0 Å². The molecule has 0 aliphatic rings. The van der Waals surface area contributed by atoms with Gasteiger partial charge in [-0.05, 0) is 47.4 Å². The summed E-state index contributed by atoms with van der Waals surface area (Å²) in [6.07, 6.45) is 1.35. The highest BCUT2D eigenvalue weighted by molar-refractivity contribution is 6.03. The molecule has 140 valence electrons. The quantitative estimate of drug-likeness (QED) is 0.697. The van der Waals surface area contributed by atoms with Gasteiger partial charge in [0.1, 0.15) is 17.8 Å². The number of hydrogen-bond donors (Lipinski definition) is 2. The minimum absolute atomic E-state index is 0.0874. The number of anilines is 3. The number of aromatic nitrogens is 2. The molecule has 0 spiro atoms. The first kappa shape index (κ1) is 19.1. The van der Waals surface area contributed by atoms with Crippen molar-refractivity contribution >= 4 is 23.1 Å². The van der Waals surface area contributed by atoms with Crippen molar-refractivity contribution in [2.75, 3.05) is 10.6 Å². The van der Waals surface area contributed by atoms with Crippen molar-refractivity contribution in [1.29, 1.82) is 5.26 Å². The summed E-state index contributed by atoms with van der Waals surface area (Å²) >= 11 is 0. The van der Waals surface area contributed by atoms with Crippen molar-refractivity contribution in [3.8, 4) is 6.07 Å². The Kier molecular flexibility index (Phi) is 5.37. The number of nitrogens with one attached hydrogen (secondary N) is 2. The minimum Gasteiger partial charge on any atom is -0.340 e. The van der Waals surface area contributed by atoms with Gasteiger partial charge in [0.2, 0.25) is 0 Å². The number of nitrogens with zero attached hydrogens (tertiary/aromatic N) is 3. The van der Waals surface area contributed by atoms with E-state index in [0.717, 1.165) is 5.69 Å². The van der Waals surface area contributed by atoms with Crippen LogP contribution in [0.25, 0.3) is 0 Å². The Hall–Kier alpha value is -3.72. The third-order valence-corrected chi connectivity index (χ3v) is 4.19. The summed E-state index contributed by atoms with van der Waals surface area (Å²) in [6, 6.07) is 18.4. The number of nitriles is 1. The Labute approximate surface area is 164 Å². The third kappa shape index (κ3) is 4.71. The summed E-state index contributed by atoms with van der Waals surface area (Å²) in [5, 5.41) is 14.8. The molecule has 28 heavy (non-hydrogen) atoms. The lowest BCUT2D eigenvalue weighted by atomic mass is 9.87. The van der Waals surface area contributed by atoms with Gasteiger partial charge >= 0.3 is 0 Å². The van der Waals surface area contributed by atoms with E-state index in [9.17, 15) is 4.79 Å². The number of benzene rings is 2. The van der Waals surface area contributed by atoms with Crippen LogP contribution < -0.4 is 10.6 Å². The number of hydrogen-bond acceptors (Lipinski definition) is 5. The van der Waals surface area contributed by atoms with E-state index >= 15 is 0 Å². The van der Waals surface area contributed by atoms with Crippen LogP contribution in [0.2, 0.25) is 0 Å². The molecule has 0 aliphatic heterocycles. The average molecular weight is 371 g/mol. The van der Waals surface area contributed by atoms with Crippen LogP contribution in [0.15, 0.2) is 60.9 Å². The fourth-order valence-electron chi connectivity index (χ4n) is 2.57. The summed E-state index contributed by atoms with van der Waals surface area (Å²) in [4.78, 5) is 20.7. The SMILES string of the molecule is CC(C)(C)c1ccc(Nc2cc(C(=O)Nc3ccc(C#N)cc3)ncn2)cc1. The van der Waals surface area contributed by atoms with E-state index in [-0.39, 0.29) is 17.0 Å². The van der Waals surface area contributed by atoms with Gasteiger partial charge in [-0.25, -0.2) is 9.97 Å². The van der Waals surface area contributed by atoms with E-state index < -0.39 is 0 Å². The first-order valence-corrected chi connectivity index (χ1v) is 8.86. The lowest BCUT2D eigenvalue weighted by Gasteiger charge is -2.19. The molecule has 1 amide bonds. The molecule has 3 rings (SSSR count). The van der Waals surface area contributed by atoms with E-state index in [0.29, 0.717) is 17.1 Å². The molecule has 0 saturated heterocycles. The molecule has 6 heteroatoms. The van der Waals surface area contributed by atoms with Crippen molar-refractivity contribution in [3.05, 3.63) is 77.7 Å². The highest BCUT2D eigenvalue weighted by Gasteiger charge is 2.13. The van der Waals surface area contributed by atoms with Crippen molar-refractivity contribution < 1.29 is 4.79 Å². The van der Waals surface area contributed by atoms with Crippen LogP contribution in [-0.4, -0.2) is 15.9 Å². The highest BCUT2D eigenvalue weighted by Crippen LogP contribution is 2.24. The summed E-state index contributed by atoms with van der Waals surface area (Å²) in [7, 11) is 0. The standard InChI is InChI=1S/C22H21N5O/c1-22(2,3)16-6-10-17(11-7-16)26-20-12-19(24-14-25-20)21(28)27-18-8-4-15(13-23)5-9-18/h4-12,14H,1-3H3,(H,27,28)(H,24,25,26). The van der Waals surface area contributed by atoms with Gasteiger partial charge in [0.05, 0.1) is 11.6 Å². The maximum atomic E-state index is 12.4. The molecule has 2 N–H and O–H groups in total. The molecule has 3 aromatic rings. The predicted octanol–water partition coefficient (Wildman–Crippen LogP) is 4.64. The monoisotopic (exact) mass is 371 g/mol. The highest BCUT2D eigenvalue weighted by atomic mass is 16.1. The molecule has 0 radical (unpaired) electrons. The molecule has 0 unspecified atom stereocenters. The van der Waals surface area contributed by atoms with Crippen LogP contribution in [0.5, 0.6) is 0 Å².